The van der Waals surface area contributed by atoms with Gasteiger partial charge in [0.15, 0.2) is 0 Å². The summed E-state index contributed by atoms with van der Waals surface area (Å²) in [5.41, 5.74) is 7.79. The van der Waals surface area contributed by atoms with E-state index in [9.17, 15) is 4.39 Å². The molecule has 0 aliphatic heterocycles. The van der Waals surface area contributed by atoms with Gasteiger partial charge in [0, 0.05) is 4.47 Å². The van der Waals surface area contributed by atoms with Crippen molar-refractivity contribution in [1.82, 2.24) is 0 Å². The summed E-state index contributed by atoms with van der Waals surface area (Å²) in [6, 6.07) is 15.1. The van der Waals surface area contributed by atoms with Crippen molar-refractivity contribution in [3.63, 3.8) is 0 Å². The third-order valence-electron chi connectivity index (χ3n) is 3.24. The normalized spacial score (nSPS) is 12.4. The molecule has 2 N–H and O–H groups in total. The number of hydrogen-bond acceptors (Lipinski definition) is 1. The molecule has 1 nitrogen and oxygen atoms in total. The van der Waals surface area contributed by atoms with Gasteiger partial charge in [0.1, 0.15) is 5.82 Å². The summed E-state index contributed by atoms with van der Waals surface area (Å²) in [4.78, 5) is 0. The van der Waals surface area contributed by atoms with E-state index >= 15 is 0 Å². The van der Waals surface area contributed by atoms with Crippen molar-refractivity contribution < 1.29 is 4.39 Å². The molecule has 0 amide bonds. The lowest BCUT2D eigenvalue weighted by Crippen LogP contribution is -2.19. The van der Waals surface area contributed by atoms with Crippen LogP contribution in [0.3, 0.4) is 0 Å². The highest BCUT2D eigenvalue weighted by molar-refractivity contribution is 9.10. The van der Waals surface area contributed by atoms with Crippen LogP contribution < -0.4 is 5.73 Å². The summed E-state index contributed by atoms with van der Waals surface area (Å²) in [6.07, 6.45) is 1.55. The van der Waals surface area contributed by atoms with Crippen molar-refractivity contribution in [2.75, 3.05) is 6.54 Å². The first-order valence-corrected chi connectivity index (χ1v) is 7.16. The summed E-state index contributed by atoms with van der Waals surface area (Å²) in [5.74, 6) is 0.120. The van der Waals surface area contributed by atoms with Crippen LogP contribution in [-0.4, -0.2) is 6.54 Å². The molecule has 0 spiro atoms. The highest BCUT2D eigenvalue weighted by atomic mass is 79.9. The first-order valence-electron chi connectivity index (χ1n) is 6.37. The summed E-state index contributed by atoms with van der Waals surface area (Å²) < 4.78 is 14.7. The number of hydrogen-bond donors (Lipinski definition) is 1. The van der Waals surface area contributed by atoms with Gasteiger partial charge in [-0.3, -0.25) is 0 Å². The van der Waals surface area contributed by atoms with E-state index in [0.29, 0.717) is 13.0 Å². The van der Waals surface area contributed by atoms with E-state index in [4.69, 9.17) is 5.73 Å². The van der Waals surface area contributed by atoms with Crippen LogP contribution in [-0.2, 0) is 12.8 Å². The van der Waals surface area contributed by atoms with Crippen LogP contribution in [0.5, 0.6) is 0 Å². The van der Waals surface area contributed by atoms with Crippen molar-refractivity contribution in [2.45, 2.75) is 12.8 Å². The number of halogens is 2. The SMILES string of the molecule is NCC(Cc1ccc(Br)cc1)Cc1ccccc1F. The summed E-state index contributed by atoms with van der Waals surface area (Å²) in [5, 5.41) is 0. The molecule has 100 valence electrons. The lowest BCUT2D eigenvalue weighted by molar-refractivity contribution is 0.512. The standard InChI is InChI=1S/C16H17BrFN/c17-15-7-5-12(6-8-15)9-13(11-19)10-14-3-1-2-4-16(14)18/h1-8,13H,9-11,19H2. The monoisotopic (exact) mass is 321 g/mol. The second-order valence-corrected chi connectivity index (χ2v) is 5.64. The van der Waals surface area contributed by atoms with Gasteiger partial charge in [-0.1, -0.05) is 46.3 Å². The minimum atomic E-state index is -0.142. The van der Waals surface area contributed by atoms with Crippen molar-refractivity contribution in [3.05, 3.63) is 69.9 Å². The highest BCUT2D eigenvalue weighted by Gasteiger charge is 2.11. The fourth-order valence-electron chi connectivity index (χ4n) is 2.17. The maximum atomic E-state index is 13.6. The zero-order valence-electron chi connectivity index (χ0n) is 10.7. The quantitative estimate of drug-likeness (QED) is 0.886. The third kappa shape index (κ3) is 4.15. The molecule has 0 fully saturated rings. The van der Waals surface area contributed by atoms with E-state index < -0.39 is 0 Å². The van der Waals surface area contributed by atoms with Crippen molar-refractivity contribution in [3.8, 4) is 0 Å². The second kappa shape index (κ2) is 6.83. The maximum absolute atomic E-state index is 13.6. The van der Waals surface area contributed by atoms with Gasteiger partial charge in [-0.15, -0.1) is 0 Å². The Morgan fingerprint density at radius 3 is 2.32 bits per heavy atom. The largest absolute Gasteiger partial charge is 0.330 e. The molecule has 19 heavy (non-hydrogen) atoms. The van der Waals surface area contributed by atoms with Crippen LogP contribution in [0.1, 0.15) is 11.1 Å². The van der Waals surface area contributed by atoms with Crippen LogP contribution in [0.15, 0.2) is 53.0 Å². The minimum absolute atomic E-state index is 0.142. The van der Waals surface area contributed by atoms with Crippen molar-refractivity contribution in [2.24, 2.45) is 11.7 Å². The van der Waals surface area contributed by atoms with Gasteiger partial charge >= 0.3 is 0 Å². The Bertz CT molecular complexity index is 525. The first kappa shape index (κ1) is 14.2. The lowest BCUT2D eigenvalue weighted by atomic mass is 9.92. The molecule has 0 saturated heterocycles. The Balaban J connectivity index is 2.05. The Labute approximate surface area is 121 Å². The van der Waals surface area contributed by atoms with E-state index in [-0.39, 0.29) is 11.7 Å². The Morgan fingerprint density at radius 1 is 1.00 bits per heavy atom. The van der Waals surface area contributed by atoms with Gasteiger partial charge in [-0.2, -0.15) is 0 Å². The summed E-state index contributed by atoms with van der Waals surface area (Å²) in [7, 11) is 0. The van der Waals surface area contributed by atoms with Gasteiger partial charge in [-0.25, -0.2) is 4.39 Å². The van der Waals surface area contributed by atoms with Crippen LogP contribution in [0.2, 0.25) is 0 Å². The molecule has 0 saturated carbocycles. The molecular weight excluding hydrogens is 305 g/mol. The van der Waals surface area contributed by atoms with Crippen molar-refractivity contribution >= 4 is 15.9 Å². The molecule has 0 aliphatic carbocycles. The average molecular weight is 322 g/mol. The summed E-state index contributed by atoms with van der Waals surface area (Å²) >= 11 is 3.42. The highest BCUT2D eigenvalue weighted by Crippen LogP contribution is 2.18. The molecule has 2 aromatic carbocycles. The number of rotatable bonds is 5. The van der Waals surface area contributed by atoms with E-state index in [0.717, 1.165) is 16.5 Å². The molecule has 3 heteroatoms. The van der Waals surface area contributed by atoms with Gasteiger partial charge in [0.2, 0.25) is 0 Å². The molecule has 1 unspecified atom stereocenters. The van der Waals surface area contributed by atoms with Crippen LogP contribution in [0.4, 0.5) is 4.39 Å². The zero-order chi connectivity index (χ0) is 13.7. The van der Waals surface area contributed by atoms with Crippen LogP contribution >= 0.6 is 15.9 Å². The Hall–Kier alpha value is -1.19. The topological polar surface area (TPSA) is 26.0 Å². The fraction of sp³-hybridized carbons (Fsp3) is 0.250. The molecule has 0 bridgehead atoms. The maximum Gasteiger partial charge on any atom is 0.126 e. The van der Waals surface area contributed by atoms with Crippen LogP contribution in [0.25, 0.3) is 0 Å². The second-order valence-electron chi connectivity index (χ2n) is 4.73. The Morgan fingerprint density at radius 2 is 1.68 bits per heavy atom. The predicted molar refractivity (Wildman–Crippen MR) is 80.5 cm³/mol. The molecule has 1 atom stereocenters. The first-order chi connectivity index (χ1) is 9.19. The van der Waals surface area contributed by atoms with Gasteiger partial charge < -0.3 is 5.73 Å². The number of nitrogens with two attached hydrogens (primary N) is 1. The number of benzene rings is 2. The smallest absolute Gasteiger partial charge is 0.126 e. The van der Waals surface area contributed by atoms with E-state index in [2.05, 4.69) is 28.1 Å². The minimum Gasteiger partial charge on any atom is -0.330 e. The lowest BCUT2D eigenvalue weighted by Gasteiger charge is -2.15. The van der Waals surface area contributed by atoms with Crippen LogP contribution in [0, 0.1) is 11.7 Å². The predicted octanol–water partition coefficient (Wildman–Crippen LogP) is 3.95. The van der Waals surface area contributed by atoms with E-state index in [1.165, 1.54) is 11.6 Å². The average Bonchev–Trinajstić information content (AvgIpc) is 2.43. The molecule has 0 aromatic heterocycles. The molecule has 0 aliphatic rings. The molecule has 2 rings (SSSR count). The van der Waals surface area contributed by atoms with E-state index in [1.807, 2.05) is 24.3 Å². The Kier molecular flexibility index (Phi) is 5.11. The molecule has 0 heterocycles. The van der Waals surface area contributed by atoms with E-state index in [1.54, 1.807) is 6.07 Å². The summed E-state index contributed by atoms with van der Waals surface area (Å²) in [6.45, 7) is 0.560. The van der Waals surface area contributed by atoms with Crippen molar-refractivity contribution in [1.29, 1.82) is 0 Å². The van der Waals surface area contributed by atoms with Gasteiger partial charge in [-0.05, 0) is 54.6 Å². The molecule has 0 radical (unpaired) electrons. The van der Waals surface area contributed by atoms with Gasteiger partial charge in [0.05, 0.1) is 0 Å². The molecular formula is C16H17BrFN. The zero-order valence-corrected chi connectivity index (χ0v) is 12.2. The molecule has 2 aromatic rings. The third-order valence-corrected chi connectivity index (χ3v) is 3.77. The fourth-order valence-corrected chi connectivity index (χ4v) is 2.43. The van der Waals surface area contributed by atoms with Gasteiger partial charge in [0.25, 0.3) is 0 Å².